The summed E-state index contributed by atoms with van der Waals surface area (Å²) in [5.74, 6) is -0.458. The number of aromatic nitrogens is 3. The van der Waals surface area contributed by atoms with Crippen molar-refractivity contribution in [3.8, 4) is 0 Å². The summed E-state index contributed by atoms with van der Waals surface area (Å²) >= 11 is 0. The van der Waals surface area contributed by atoms with Crippen LogP contribution in [0.2, 0.25) is 0 Å². The molecule has 1 aliphatic heterocycles. The number of aryl methyl sites for hydroxylation is 1. The molecular formula is C13H14N4O2. The number of fused-ring (bicyclic) bond motifs is 1. The fraction of sp³-hybridized carbons (Fsp3) is 0.308. The monoisotopic (exact) mass is 258 g/mol. The van der Waals surface area contributed by atoms with Gasteiger partial charge in [0.05, 0.1) is 6.54 Å². The van der Waals surface area contributed by atoms with Crippen LogP contribution in [0.1, 0.15) is 27.7 Å². The fourth-order valence-corrected chi connectivity index (χ4v) is 2.24. The Hall–Kier alpha value is -2.37. The van der Waals surface area contributed by atoms with Crippen LogP contribution in [0.15, 0.2) is 24.3 Å². The highest BCUT2D eigenvalue weighted by atomic mass is 16.4. The lowest BCUT2D eigenvalue weighted by atomic mass is 9.97. The number of carbonyl (C=O) groups is 1. The topological polar surface area (TPSA) is 80.0 Å². The molecule has 0 saturated heterocycles. The van der Waals surface area contributed by atoms with E-state index in [9.17, 15) is 4.79 Å². The molecule has 3 rings (SSSR count). The predicted octanol–water partition coefficient (Wildman–Crippen LogP) is 1.49. The highest BCUT2D eigenvalue weighted by molar-refractivity contribution is 5.83. The molecule has 1 aliphatic rings. The van der Waals surface area contributed by atoms with E-state index in [0.29, 0.717) is 12.5 Å². The second-order valence-corrected chi connectivity index (χ2v) is 4.73. The maximum Gasteiger partial charge on any atom is 0.375 e. The number of nitrogens with one attached hydrogen (secondary N) is 1. The Morgan fingerprint density at radius 2 is 2.16 bits per heavy atom. The first-order valence-electron chi connectivity index (χ1n) is 6.12. The average molecular weight is 258 g/mol. The molecule has 98 valence electrons. The maximum atomic E-state index is 10.8. The molecule has 0 radical (unpaired) electrons. The van der Waals surface area contributed by atoms with E-state index in [2.05, 4.69) is 46.6 Å². The van der Waals surface area contributed by atoms with Gasteiger partial charge >= 0.3 is 5.97 Å². The number of hydrogen-bond donors (Lipinski definition) is 2. The van der Waals surface area contributed by atoms with Gasteiger partial charge in [-0.25, -0.2) is 9.48 Å². The zero-order chi connectivity index (χ0) is 13.4. The summed E-state index contributed by atoms with van der Waals surface area (Å²) in [5, 5.41) is 16.0. The zero-order valence-electron chi connectivity index (χ0n) is 10.5. The predicted molar refractivity (Wildman–Crippen MR) is 69.4 cm³/mol. The van der Waals surface area contributed by atoms with Crippen molar-refractivity contribution in [2.24, 2.45) is 0 Å². The molecule has 1 aromatic heterocycles. The molecule has 1 atom stereocenters. The number of anilines is 1. The molecule has 6 nitrogen and oxygen atoms in total. The summed E-state index contributed by atoms with van der Waals surface area (Å²) in [6, 6.07) is 8.35. The van der Waals surface area contributed by atoms with Crippen molar-refractivity contribution in [3.05, 3.63) is 41.2 Å². The van der Waals surface area contributed by atoms with Crippen LogP contribution in [-0.2, 0) is 6.54 Å². The molecule has 0 fully saturated rings. The van der Waals surface area contributed by atoms with Crippen molar-refractivity contribution < 1.29 is 9.90 Å². The zero-order valence-corrected chi connectivity index (χ0v) is 10.5. The highest BCUT2D eigenvalue weighted by Crippen LogP contribution is 2.24. The molecule has 2 aromatic rings. The van der Waals surface area contributed by atoms with Crippen LogP contribution in [0.25, 0.3) is 0 Å². The SMILES string of the molecule is Cc1ccc(C2CNc3nc(C(=O)O)nn3C2)cc1. The van der Waals surface area contributed by atoms with Crippen LogP contribution in [0.3, 0.4) is 0 Å². The van der Waals surface area contributed by atoms with Crippen LogP contribution < -0.4 is 5.32 Å². The first-order chi connectivity index (χ1) is 9.13. The van der Waals surface area contributed by atoms with E-state index in [-0.39, 0.29) is 11.7 Å². The fourth-order valence-electron chi connectivity index (χ4n) is 2.24. The summed E-state index contributed by atoms with van der Waals surface area (Å²) < 4.78 is 1.62. The molecule has 19 heavy (non-hydrogen) atoms. The van der Waals surface area contributed by atoms with Gasteiger partial charge < -0.3 is 10.4 Å². The van der Waals surface area contributed by atoms with E-state index in [1.165, 1.54) is 11.1 Å². The van der Waals surface area contributed by atoms with Gasteiger partial charge in [-0.2, -0.15) is 4.98 Å². The number of aromatic carboxylic acids is 1. The Morgan fingerprint density at radius 3 is 2.84 bits per heavy atom. The van der Waals surface area contributed by atoms with Gasteiger partial charge in [-0.3, -0.25) is 0 Å². The van der Waals surface area contributed by atoms with Crippen molar-refractivity contribution in [1.29, 1.82) is 0 Å². The minimum absolute atomic E-state index is 0.160. The van der Waals surface area contributed by atoms with Gasteiger partial charge in [-0.05, 0) is 12.5 Å². The van der Waals surface area contributed by atoms with Crippen molar-refractivity contribution in [2.75, 3.05) is 11.9 Å². The van der Waals surface area contributed by atoms with E-state index in [0.717, 1.165) is 6.54 Å². The van der Waals surface area contributed by atoms with E-state index in [1.54, 1.807) is 4.68 Å². The molecule has 2 N–H and O–H groups in total. The van der Waals surface area contributed by atoms with Crippen molar-refractivity contribution in [1.82, 2.24) is 14.8 Å². The Kier molecular flexibility index (Phi) is 2.70. The second-order valence-electron chi connectivity index (χ2n) is 4.73. The lowest BCUT2D eigenvalue weighted by molar-refractivity contribution is 0.0683. The van der Waals surface area contributed by atoms with Crippen LogP contribution in [0.5, 0.6) is 0 Å². The maximum absolute atomic E-state index is 10.8. The van der Waals surface area contributed by atoms with E-state index >= 15 is 0 Å². The van der Waals surface area contributed by atoms with Crippen LogP contribution >= 0.6 is 0 Å². The highest BCUT2D eigenvalue weighted by Gasteiger charge is 2.24. The number of carboxylic acids is 1. The third-order valence-corrected chi connectivity index (χ3v) is 3.31. The van der Waals surface area contributed by atoms with Crippen molar-refractivity contribution in [3.63, 3.8) is 0 Å². The third-order valence-electron chi connectivity index (χ3n) is 3.31. The Balaban J connectivity index is 1.85. The van der Waals surface area contributed by atoms with Gasteiger partial charge in [0.2, 0.25) is 5.95 Å². The first kappa shape index (κ1) is 11.7. The Morgan fingerprint density at radius 1 is 1.42 bits per heavy atom. The molecule has 0 spiro atoms. The van der Waals surface area contributed by atoms with Gasteiger partial charge in [-0.15, -0.1) is 5.10 Å². The first-order valence-corrected chi connectivity index (χ1v) is 6.12. The minimum atomic E-state index is -1.10. The Bertz CT molecular complexity index is 618. The standard InChI is InChI=1S/C13H14N4O2/c1-8-2-4-9(5-3-8)10-6-14-13-15-11(12(18)19)16-17(13)7-10/h2-5,10H,6-7H2,1H3,(H,18,19)(H,14,15,16). The summed E-state index contributed by atoms with van der Waals surface area (Å²) in [6.07, 6.45) is 0. The number of nitrogens with zero attached hydrogens (tertiary/aromatic N) is 3. The summed E-state index contributed by atoms with van der Waals surface area (Å²) in [4.78, 5) is 14.8. The van der Waals surface area contributed by atoms with Gasteiger partial charge in [-0.1, -0.05) is 29.8 Å². The summed E-state index contributed by atoms with van der Waals surface area (Å²) in [5.41, 5.74) is 2.44. The van der Waals surface area contributed by atoms with Crippen LogP contribution in [-0.4, -0.2) is 32.4 Å². The number of rotatable bonds is 2. The van der Waals surface area contributed by atoms with Crippen LogP contribution in [0.4, 0.5) is 5.95 Å². The summed E-state index contributed by atoms with van der Waals surface area (Å²) in [7, 11) is 0. The van der Waals surface area contributed by atoms with E-state index in [1.807, 2.05) is 0 Å². The van der Waals surface area contributed by atoms with E-state index < -0.39 is 5.97 Å². The molecule has 0 bridgehead atoms. The average Bonchev–Trinajstić information content (AvgIpc) is 2.82. The largest absolute Gasteiger partial charge is 0.475 e. The molecule has 0 aliphatic carbocycles. The molecule has 1 aromatic carbocycles. The molecule has 6 heteroatoms. The molecule has 1 unspecified atom stereocenters. The minimum Gasteiger partial charge on any atom is -0.475 e. The normalized spacial score (nSPS) is 17.6. The number of benzene rings is 1. The van der Waals surface area contributed by atoms with Crippen LogP contribution in [0, 0.1) is 6.92 Å². The molecule has 0 saturated carbocycles. The van der Waals surface area contributed by atoms with Gasteiger partial charge in [0.15, 0.2) is 0 Å². The lowest BCUT2D eigenvalue weighted by Crippen LogP contribution is -2.26. The molecule has 0 amide bonds. The second kappa shape index (κ2) is 4.38. The third kappa shape index (κ3) is 2.16. The molecule has 2 heterocycles. The van der Waals surface area contributed by atoms with Gasteiger partial charge in [0.1, 0.15) is 0 Å². The number of hydrogen-bond acceptors (Lipinski definition) is 4. The quantitative estimate of drug-likeness (QED) is 0.853. The van der Waals surface area contributed by atoms with E-state index in [4.69, 9.17) is 5.11 Å². The lowest BCUT2D eigenvalue weighted by Gasteiger charge is -2.24. The summed E-state index contributed by atoms with van der Waals surface area (Å²) in [6.45, 7) is 3.43. The smallest absolute Gasteiger partial charge is 0.375 e. The van der Waals surface area contributed by atoms with Gasteiger partial charge in [0, 0.05) is 12.5 Å². The van der Waals surface area contributed by atoms with Crippen molar-refractivity contribution >= 4 is 11.9 Å². The number of carboxylic acid groups (broad SMARTS) is 1. The van der Waals surface area contributed by atoms with Crippen molar-refractivity contribution in [2.45, 2.75) is 19.4 Å². The van der Waals surface area contributed by atoms with Gasteiger partial charge in [0.25, 0.3) is 5.82 Å². The Labute approximate surface area is 110 Å². The molecular weight excluding hydrogens is 244 g/mol.